The van der Waals surface area contributed by atoms with Gasteiger partial charge in [0, 0.05) is 5.69 Å². The molecule has 0 bridgehead atoms. The lowest BCUT2D eigenvalue weighted by Crippen LogP contribution is -1.96. The Morgan fingerprint density at radius 2 is 1.89 bits per heavy atom. The molecule has 0 aliphatic carbocycles. The van der Waals surface area contributed by atoms with E-state index < -0.39 is 0 Å². The molecule has 19 heavy (non-hydrogen) atoms. The highest BCUT2D eigenvalue weighted by Gasteiger charge is 2.04. The van der Waals surface area contributed by atoms with E-state index in [1.54, 1.807) is 37.3 Å². The fourth-order valence-electron chi connectivity index (χ4n) is 1.52. The lowest BCUT2D eigenvalue weighted by Gasteiger charge is -2.05. The summed E-state index contributed by atoms with van der Waals surface area (Å²) in [5, 5.41) is 17.4. The van der Waals surface area contributed by atoms with Crippen LogP contribution in [0.5, 0.6) is 11.8 Å². The third kappa shape index (κ3) is 3.27. The zero-order chi connectivity index (χ0) is 13.7. The van der Waals surface area contributed by atoms with Crippen LogP contribution in [0.2, 0.25) is 0 Å². The maximum Gasteiger partial charge on any atom is 0.323 e. The van der Waals surface area contributed by atoms with Crippen LogP contribution in [0.25, 0.3) is 0 Å². The van der Waals surface area contributed by atoms with Gasteiger partial charge in [-0.1, -0.05) is 12.1 Å². The molecule has 92 valence electrons. The molecule has 1 aromatic carbocycles. The molecule has 2 rings (SSSR count). The minimum absolute atomic E-state index is 0.143. The summed E-state index contributed by atoms with van der Waals surface area (Å²) in [7, 11) is 0. The number of ether oxygens (including phenoxy) is 1. The lowest BCUT2D eigenvalue weighted by molar-refractivity contribution is 0.439. The number of rotatable bonds is 3. The van der Waals surface area contributed by atoms with Crippen LogP contribution in [0.4, 0.5) is 0 Å². The molecule has 0 aliphatic rings. The first kappa shape index (κ1) is 12.5. The van der Waals surface area contributed by atoms with Crippen molar-refractivity contribution >= 4 is 0 Å². The van der Waals surface area contributed by atoms with Gasteiger partial charge in [0.1, 0.15) is 17.5 Å². The van der Waals surface area contributed by atoms with E-state index in [0.717, 1.165) is 5.56 Å². The number of nitriles is 2. The fourth-order valence-corrected chi connectivity index (χ4v) is 1.52. The Balaban J connectivity index is 2.19. The van der Waals surface area contributed by atoms with Crippen molar-refractivity contribution in [3.8, 4) is 23.9 Å². The summed E-state index contributed by atoms with van der Waals surface area (Å²) >= 11 is 0. The topological polar surface area (TPSA) is 82.6 Å². The van der Waals surface area contributed by atoms with Gasteiger partial charge >= 0.3 is 6.01 Å². The highest BCUT2D eigenvalue weighted by Crippen LogP contribution is 2.19. The van der Waals surface area contributed by atoms with Crippen LogP contribution in [0.15, 0.2) is 30.3 Å². The first-order valence-corrected chi connectivity index (χ1v) is 5.61. The lowest BCUT2D eigenvalue weighted by atomic mass is 10.2. The van der Waals surface area contributed by atoms with Gasteiger partial charge in [-0.3, -0.25) is 0 Å². The predicted octanol–water partition coefficient (Wildman–Crippen LogP) is 2.52. The summed E-state index contributed by atoms with van der Waals surface area (Å²) in [6, 6.07) is 12.8. The summed E-state index contributed by atoms with van der Waals surface area (Å²) < 4.78 is 5.48. The minimum Gasteiger partial charge on any atom is -0.424 e. The zero-order valence-corrected chi connectivity index (χ0v) is 10.3. The van der Waals surface area contributed by atoms with Gasteiger partial charge in [-0.25, -0.2) is 4.98 Å². The van der Waals surface area contributed by atoms with Gasteiger partial charge in [-0.15, -0.1) is 0 Å². The summed E-state index contributed by atoms with van der Waals surface area (Å²) in [6.07, 6.45) is 0.361. The van der Waals surface area contributed by atoms with E-state index in [1.807, 2.05) is 6.07 Å². The molecule has 2 aromatic rings. The van der Waals surface area contributed by atoms with Crippen LogP contribution in [-0.2, 0) is 6.42 Å². The standard InChI is InChI=1S/C14H10N4O/c1-10-8-12(9-16)18-14(17-10)19-13-4-2-11(3-5-13)6-7-15/h2-5,8H,6H2,1H3. The van der Waals surface area contributed by atoms with E-state index in [9.17, 15) is 0 Å². The quantitative estimate of drug-likeness (QED) is 0.835. The molecule has 0 N–H and O–H groups in total. The summed E-state index contributed by atoms with van der Waals surface area (Å²) in [4.78, 5) is 8.06. The molecule has 5 nitrogen and oxygen atoms in total. The number of aromatic nitrogens is 2. The molecule has 0 fully saturated rings. The number of aryl methyl sites for hydroxylation is 1. The Hall–Kier alpha value is -2.92. The number of hydrogen-bond donors (Lipinski definition) is 0. The Labute approximate surface area is 110 Å². The average Bonchev–Trinajstić information content (AvgIpc) is 2.40. The molecule has 1 heterocycles. The van der Waals surface area contributed by atoms with Crippen molar-refractivity contribution in [1.29, 1.82) is 10.5 Å². The Bertz CT molecular complexity index is 665. The molecule has 0 unspecified atom stereocenters. The van der Waals surface area contributed by atoms with E-state index in [2.05, 4.69) is 16.0 Å². The van der Waals surface area contributed by atoms with Gasteiger partial charge in [-0.2, -0.15) is 15.5 Å². The first-order chi connectivity index (χ1) is 9.21. The molecular weight excluding hydrogens is 240 g/mol. The van der Waals surface area contributed by atoms with E-state index in [0.29, 0.717) is 17.9 Å². The van der Waals surface area contributed by atoms with Crippen molar-refractivity contribution in [2.75, 3.05) is 0 Å². The second-order valence-electron chi connectivity index (χ2n) is 3.87. The maximum absolute atomic E-state index is 8.82. The smallest absolute Gasteiger partial charge is 0.323 e. The third-order valence-electron chi connectivity index (χ3n) is 2.36. The molecule has 0 aliphatic heterocycles. The van der Waals surface area contributed by atoms with Crippen molar-refractivity contribution in [2.24, 2.45) is 0 Å². The summed E-state index contributed by atoms with van der Waals surface area (Å²) in [5.74, 6) is 0.566. The van der Waals surface area contributed by atoms with Crippen LogP contribution in [0, 0.1) is 29.6 Å². The molecule has 0 saturated heterocycles. The number of benzene rings is 1. The van der Waals surface area contributed by atoms with Gasteiger partial charge < -0.3 is 4.74 Å². The second kappa shape index (κ2) is 5.61. The van der Waals surface area contributed by atoms with Crippen molar-refractivity contribution in [2.45, 2.75) is 13.3 Å². The van der Waals surface area contributed by atoms with Crippen LogP contribution < -0.4 is 4.74 Å². The van der Waals surface area contributed by atoms with Gasteiger partial charge in [0.2, 0.25) is 0 Å². The Kier molecular flexibility index (Phi) is 3.70. The fraction of sp³-hybridized carbons (Fsp3) is 0.143. The van der Waals surface area contributed by atoms with Crippen molar-refractivity contribution < 1.29 is 4.74 Å². The monoisotopic (exact) mass is 250 g/mol. The molecule has 1 aromatic heterocycles. The normalized spacial score (nSPS) is 9.42. The molecule has 0 saturated carbocycles. The Morgan fingerprint density at radius 1 is 1.16 bits per heavy atom. The molecular formula is C14H10N4O. The van der Waals surface area contributed by atoms with E-state index in [-0.39, 0.29) is 11.7 Å². The third-order valence-corrected chi connectivity index (χ3v) is 2.36. The summed E-state index contributed by atoms with van der Waals surface area (Å²) in [6.45, 7) is 1.77. The van der Waals surface area contributed by atoms with Gasteiger partial charge in [0.05, 0.1) is 12.5 Å². The average molecular weight is 250 g/mol. The largest absolute Gasteiger partial charge is 0.424 e. The number of nitrogens with zero attached hydrogens (tertiary/aromatic N) is 4. The van der Waals surface area contributed by atoms with Crippen molar-refractivity contribution in [3.05, 3.63) is 47.3 Å². The van der Waals surface area contributed by atoms with Gasteiger partial charge in [0.15, 0.2) is 0 Å². The van der Waals surface area contributed by atoms with Crippen LogP contribution in [0.3, 0.4) is 0 Å². The van der Waals surface area contributed by atoms with Gasteiger partial charge in [0.25, 0.3) is 0 Å². The van der Waals surface area contributed by atoms with E-state index >= 15 is 0 Å². The first-order valence-electron chi connectivity index (χ1n) is 5.61. The molecule has 0 amide bonds. The summed E-state index contributed by atoms with van der Waals surface area (Å²) in [5.41, 5.74) is 1.85. The molecule has 0 spiro atoms. The number of hydrogen-bond acceptors (Lipinski definition) is 5. The molecule has 5 heteroatoms. The second-order valence-corrected chi connectivity index (χ2v) is 3.87. The maximum atomic E-state index is 8.82. The van der Waals surface area contributed by atoms with Crippen LogP contribution >= 0.6 is 0 Å². The highest BCUT2D eigenvalue weighted by atomic mass is 16.5. The van der Waals surface area contributed by atoms with Crippen molar-refractivity contribution in [1.82, 2.24) is 9.97 Å². The zero-order valence-electron chi connectivity index (χ0n) is 10.3. The highest BCUT2D eigenvalue weighted by molar-refractivity contribution is 5.31. The minimum atomic E-state index is 0.143. The van der Waals surface area contributed by atoms with E-state index in [4.69, 9.17) is 15.3 Å². The Morgan fingerprint density at radius 3 is 2.53 bits per heavy atom. The molecule has 0 atom stereocenters. The molecule has 0 radical (unpaired) electrons. The van der Waals surface area contributed by atoms with Crippen molar-refractivity contribution in [3.63, 3.8) is 0 Å². The predicted molar refractivity (Wildman–Crippen MR) is 67.3 cm³/mol. The van der Waals surface area contributed by atoms with E-state index in [1.165, 1.54) is 0 Å². The SMILES string of the molecule is Cc1cc(C#N)nc(Oc2ccc(CC#N)cc2)n1. The van der Waals surface area contributed by atoms with Gasteiger partial charge in [-0.05, 0) is 30.7 Å². The van der Waals surface area contributed by atoms with Crippen LogP contribution in [0.1, 0.15) is 17.0 Å². The van der Waals surface area contributed by atoms with Crippen LogP contribution in [-0.4, -0.2) is 9.97 Å².